The summed E-state index contributed by atoms with van der Waals surface area (Å²) in [4.78, 5) is 5.08. The predicted octanol–water partition coefficient (Wildman–Crippen LogP) is 17.3. The van der Waals surface area contributed by atoms with Gasteiger partial charge >= 0.3 is 0 Å². The van der Waals surface area contributed by atoms with E-state index in [1.165, 1.54) is 113 Å². The molecule has 75 heavy (non-hydrogen) atoms. The number of nitrogens with zero attached hydrogens (tertiary/aromatic N) is 2. The van der Waals surface area contributed by atoms with Crippen LogP contribution in [0.1, 0.15) is 38.3 Å². The number of anilines is 6. The summed E-state index contributed by atoms with van der Waals surface area (Å²) in [6, 6.07) is 75.4. The van der Waals surface area contributed by atoms with Crippen LogP contribution in [0.15, 0.2) is 200 Å². The molecule has 0 atom stereocenters. The Morgan fingerprint density at radius 3 is 1.64 bits per heavy atom. The van der Waals surface area contributed by atoms with Crippen molar-refractivity contribution in [2.24, 2.45) is 0 Å². The average Bonchev–Trinajstić information content (AvgIpc) is 3.95. The molecule has 0 aliphatic carbocycles. The second kappa shape index (κ2) is 17.0. The van der Waals surface area contributed by atoms with E-state index in [4.69, 9.17) is 9.47 Å². The number of aryl methyl sites for hydroxylation is 1. The zero-order chi connectivity index (χ0) is 50.1. The molecule has 3 aliphatic heterocycles. The smallest absolute Gasteiger partial charge is 0.252 e. The van der Waals surface area contributed by atoms with E-state index >= 15 is 0 Å². The second-order valence-corrected chi connectivity index (χ2v) is 23.7. The Hall–Kier alpha value is -8.10. The molecule has 10 aromatic carbocycles. The number of rotatable bonds is 5. The first-order valence-electron chi connectivity index (χ1n) is 26.2. The lowest BCUT2D eigenvalue weighted by Gasteiger charge is -2.45. The van der Waals surface area contributed by atoms with Gasteiger partial charge in [0, 0.05) is 86.8 Å². The van der Waals surface area contributed by atoms with Gasteiger partial charge in [0.15, 0.2) is 11.5 Å². The first-order valence-corrected chi connectivity index (χ1v) is 27.8. The second-order valence-electron chi connectivity index (χ2n) is 21.5. The lowest BCUT2D eigenvalue weighted by molar-refractivity contribution is 0.297. The summed E-state index contributed by atoms with van der Waals surface area (Å²) in [6.07, 6.45) is 0.831. The van der Waals surface area contributed by atoms with Crippen molar-refractivity contribution in [1.82, 2.24) is 0 Å². The third kappa shape index (κ3) is 7.16. The Kier molecular flexibility index (Phi) is 10.0. The van der Waals surface area contributed by atoms with Crippen molar-refractivity contribution < 1.29 is 9.47 Å². The number of ether oxygens (including phenoxy) is 2. The summed E-state index contributed by atoms with van der Waals surface area (Å²) in [5, 5.41) is 5.27. The predicted molar refractivity (Wildman–Crippen MR) is 322 cm³/mol. The maximum absolute atomic E-state index is 6.55. The molecule has 0 saturated heterocycles. The molecule has 0 radical (unpaired) electrons. The summed E-state index contributed by atoms with van der Waals surface area (Å²) in [5.74, 6) is 1.56. The van der Waals surface area contributed by atoms with Crippen LogP contribution in [0.2, 0.25) is 0 Å². The highest BCUT2D eigenvalue weighted by Crippen LogP contribution is 2.51. The van der Waals surface area contributed by atoms with Gasteiger partial charge in [-0.1, -0.05) is 148 Å². The maximum Gasteiger partial charge on any atom is 0.252 e. The van der Waals surface area contributed by atoms with E-state index in [9.17, 15) is 0 Å². The third-order valence-electron chi connectivity index (χ3n) is 15.8. The molecular formula is C68H51BN2O2S2. The van der Waals surface area contributed by atoms with Crippen molar-refractivity contribution in [3.63, 3.8) is 0 Å². The van der Waals surface area contributed by atoms with Crippen LogP contribution in [0.3, 0.4) is 0 Å². The largest absolute Gasteiger partial charge is 0.490 e. The van der Waals surface area contributed by atoms with Gasteiger partial charge in [0.05, 0.1) is 18.9 Å². The normalized spacial score (nSPS) is 13.8. The summed E-state index contributed by atoms with van der Waals surface area (Å²) in [6.45, 7) is 10.4. The van der Waals surface area contributed by atoms with Gasteiger partial charge in [-0.25, -0.2) is 0 Å². The van der Waals surface area contributed by atoms with Crippen LogP contribution in [0.25, 0.3) is 73.7 Å². The van der Waals surface area contributed by atoms with Gasteiger partial charge in [-0.3, -0.25) is 0 Å². The first-order chi connectivity index (χ1) is 36.7. The molecule has 0 fully saturated rings. The molecule has 0 saturated carbocycles. The monoisotopic (exact) mass is 1000 g/mol. The molecule has 15 rings (SSSR count). The minimum absolute atomic E-state index is 0.0729. The molecule has 0 bridgehead atoms. The van der Waals surface area contributed by atoms with Gasteiger partial charge in [0.1, 0.15) is 0 Å². The fourth-order valence-electron chi connectivity index (χ4n) is 12.2. The van der Waals surface area contributed by atoms with E-state index < -0.39 is 0 Å². The molecule has 0 amide bonds. The standard InChI is InChI=1S/C68H51BN2O2S2/c1-41-33-59-67-60(34-41)71(58-40-62-61(72-31-12-32-73-62)39-53(58)43-13-6-5-7-14-43)57-30-24-47(68(2,3)4)38-55(57)69(67)54-35-44(46-22-28-52-50-16-9-11-18-64(50)75-66(52)37-46)23-29-56(54)70(59)48-25-19-42(20-26-48)45-21-27-51-49-15-8-10-17-63(49)74-65(51)36-45/h5-11,13-30,33-40H,12,31-32H2,1-4H3. The molecule has 7 heteroatoms. The topological polar surface area (TPSA) is 24.9 Å². The minimum Gasteiger partial charge on any atom is -0.490 e. The highest BCUT2D eigenvalue weighted by Gasteiger charge is 2.44. The molecular weight excluding hydrogens is 952 g/mol. The van der Waals surface area contributed by atoms with Crippen LogP contribution < -0.4 is 35.7 Å². The molecule has 5 heterocycles. The third-order valence-corrected chi connectivity index (χ3v) is 18.1. The Morgan fingerprint density at radius 2 is 0.960 bits per heavy atom. The van der Waals surface area contributed by atoms with Crippen molar-refractivity contribution in [2.75, 3.05) is 23.0 Å². The summed E-state index contributed by atoms with van der Waals surface area (Å²) >= 11 is 3.75. The number of hydrogen-bond donors (Lipinski definition) is 0. The SMILES string of the molecule is Cc1cc2c3c(c1)N(c1cc4c(cc1-c1ccccc1)OCCCO4)c1ccc(C(C)(C)C)cc1B3c1cc(-c3ccc4c(c3)sc3ccccc34)ccc1N2c1ccc(-c2ccc3c(c2)sc2ccccc23)cc1. The maximum atomic E-state index is 6.55. The van der Waals surface area contributed by atoms with Crippen molar-refractivity contribution in [2.45, 2.75) is 39.5 Å². The Balaban J connectivity index is 0.971. The van der Waals surface area contributed by atoms with Gasteiger partial charge in [-0.05, 0) is 134 Å². The number of thiophene rings is 2. The highest BCUT2D eigenvalue weighted by atomic mass is 32.1. The highest BCUT2D eigenvalue weighted by molar-refractivity contribution is 7.26. The summed E-state index contributed by atoms with van der Waals surface area (Å²) < 4.78 is 18.2. The molecule has 12 aromatic rings. The fraction of sp³-hybridized carbons (Fsp3) is 0.118. The van der Waals surface area contributed by atoms with Crippen LogP contribution in [0, 0.1) is 6.92 Å². The molecule has 0 unspecified atom stereocenters. The zero-order valence-electron chi connectivity index (χ0n) is 42.3. The van der Waals surface area contributed by atoms with Crippen LogP contribution >= 0.6 is 22.7 Å². The van der Waals surface area contributed by atoms with E-state index in [1.807, 2.05) is 22.7 Å². The molecule has 0 spiro atoms. The average molecular weight is 1000 g/mol. The summed E-state index contributed by atoms with van der Waals surface area (Å²) in [5.41, 5.74) is 20.2. The fourth-order valence-corrected chi connectivity index (χ4v) is 14.5. The number of hydrogen-bond acceptors (Lipinski definition) is 6. The number of benzene rings is 10. The van der Waals surface area contributed by atoms with Crippen LogP contribution in [0.4, 0.5) is 34.1 Å². The minimum atomic E-state index is -0.0883. The lowest BCUT2D eigenvalue weighted by Crippen LogP contribution is -2.61. The van der Waals surface area contributed by atoms with E-state index in [1.54, 1.807) is 0 Å². The zero-order valence-corrected chi connectivity index (χ0v) is 43.9. The van der Waals surface area contributed by atoms with E-state index in [0.29, 0.717) is 13.2 Å². The Bertz CT molecular complexity index is 4300. The van der Waals surface area contributed by atoms with Gasteiger partial charge < -0.3 is 19.3 Å². The molecule has 2 aromatic heterocycles. The van der Waals surface area contributed by atoms with Gasteiger partial charge in [-0.2, -0.15) is 0 Å². The molecule has 3 aliphatic rings. The van der Waals surface area contributed by atoms with Crippen molar-refractivity contribution in [1.29, 1.82) is 0 Å². The van der Waals surface area contributed by atoms with Crippen LogP contribution in [0.5, 0.6) is 11.5 Å². The van der Waals surface area contributed by atoms with E-state index in [2.05, 4.69) is 238 Å². The lowest BCUT2D eigenvalue weighted by atomic mass is 9.33. The molecule has 4 nitrogen and oxygen atoms in total. The summed E-state index contributed by atoms with van der Waals surface area (Å²) in [7, 11) is 0. The molecule has 0 N–H and O–H groups in total. The van der Waals surface area contributed by atoms with Crippen molar-refractivity contribution in [3.8, 4) is 44.9 Å². The van der Waals surface area contributed by atoms with Gasteiger partial charge in [0.25, 0.3) is 6.71 Å². The van der Waals surface area contributed by atoms with Gasteiger partial charge in [-0.15, -0.1) is 22.7 Å². The van der Waals surface area contributed by atoms with E-state index in [-0.39, 0.29) is 12.1 Å². The number of fused-ring (bicyclic) bond motifs is 11. The quantitative estimate of drug-likeness (QED) is 0.160. The molecule has 360 valence electrons. The van der Waals surface area contributed by atoms with Crippen molar-refractivity contribution >= 4 is 120 Å². The Morgan fingerprint density at radius 1 is 0.427 bits per heavy atom. The van der Waals surface area contributed by atoms with Gasteiger partial charge in [0.2, 0.25) is 0 Å². The van der Waals surface area contributed by atoms with Crippen LogP contribution in [-0.4, -0.2) is 19.9 Å². The van der Waals surface area contributed by atoms with E-state index in [0.717, 1.165) is 40.4 Å². The Labute approximate surface area is 445 Å². The van der Waals surface area contributed by atoms with Crippen LogP contribution in [-0.2, 0) is 5.41 Å². The first kappa shape index (κ1) is 44.4. The van der Waals surface area contributed by atoms with Crippen molar-refractivity contribution in [3.05, 3.63) is 211 Å².